The van der Waals surface area contributed by atoms with Crippen molar-refractivity contribution in [1.82, 2.24) is 14.7 Å². The molecule has 2 aliphatic rings. The summed E-state index contributed by atoms with van der Waals surface area (Å²) in [7, 11) is 1.69. The van der Waals surface area contributed by atoms with Gasteiger partial charge < -0.3 is 19.1 Å². The smallest absolute Gasteiger partial charge is 0.227 e. The molecule has 0 saturated carbocycles. The minimum Gasteiger partial charge on any atom is -0.497 e. The van der Waals surface area contributed by atoms with Crippen molar-refractivity contribution in [3.8, 4) is 5.75 Å². The van der Waals surface area contributed by atoms with Crippen molar-refractivity contribution in [2.75, 3.05) is 72.7 Å². The van der Waals surface area contributed by atoms with Gasteiger partial charge in [0.15, 0.2) is 0 Å². The summed E-state index contributed by atoms with van der Waals surface area (Å²) in [5.74, 6) is 1.03. The fourth-order valence-corrected chi connectivity index (χ4v) is 4.56. The second-order valence-corrected chi connectivity index (χ2v) is 9.03. The molecule has 0 spiro atoms. The van der Waals surface area contributed by atoms with Gasteiger partial charge in [0.2, 0.25) is 5.91 Å². The van der Waals surface area contributed by atoms with E-state index in [4.69, 9.17) is 14.2 Å². The van der Waals surface area contributed by atoms with Crippen molar-refractivity contribution in [2.45, 2.75) is 19.1 Å². The van der Waals surface area contributed by atoms with Crippen molar-refractivity contribution in [2.24, 2.45) is 0 Å². The molecule has 2 aromatic carbocycles. The number of ether oxygens (including phenoxy) is 3. The van der Waals surface area contributed by atoms with Gasteiger partial charge in [-0.15, -0.1) is 0 Å². The molecule has 2 saturated heterocycles. The van der Waals surface area contributed by atoms with E-state index >= 15 is 0 Å². The molecule has 2 fully saturated rings. The van der Waals surface area contributed by atoms with Crippen molar-refractivity contribution < 1.29 is 19.0 Å². The molecule has 1 amide bonds. The number of carbonyl (C=O) groups is 1. The van der Waals surface area contributed by atoms with Gasteiger partial charge in [0, 0.05) is 52.4 Å². The molecule has 7 nitrogen and oxygen atoms in total. The van der Waals surface area contributed by atoms with Gasteiger partial charge in [-0.25, -0.2) is 0 Å². The van der Waals surface area contributed by atoms with E-state index in [0.717, 1.165) is 63.8 Å². The zero-order valence-electron chi connectivity index (χ0n) is 20.2. The van der Waals surface area contributed by atoms with Crippen molar-refractivity contribution in [3.63, 3.8) is 0 Å². The Bertz CT molecular complexity index is 871. The van der Waals surface area contributed by atoms with Gasteiger partial charge in [-0.05, 0) is 23.3 Å². The molecule has 34 heavy (non-hydrogen) atoms. The Hall–Kier alpha value is -2.45. The number of benzene rings is 2. The van der Waals surface area contributed by atoms with Crippen LogP contribution in [0.4, 0.5) is 0 Å². The first-order chi connectivity index (χ1) is 16.7. The highest BCUT2D eigenvalue weighted by atomic mass is 16.5. The minimum absolute atomic E-state index is 0.0106. The fraction of sp³-hybridized carbons (Fsp3) is 0.519. The Kier molecular flexibility index (Phi) is 9.33. The number of rotatable bonds is 10. The molecular weight excluding hydrogens is 430 g/mol. The zero-order valence-corrected chi connectivity index (χ0v) is 20.2. The van der Waals surface area contributed by atoms with Gasteiger partial charge in [-0.3, -0.25) is 14.6 Å². The minimum atomic E-state index is 0.0106. The van der Waals surface area contributed by atoms with Crippen LogP contribution in [0.2, 0.25) is 0 Å². The molecule has 4 rings (SSSR count). The molecule has 2 aromatic rings. The van der Waals surface area contributed by atoms with E-state index in [-0.39, 0.29) is 12.0 Å². The van der Waals surface area contributed by atoms with Gasteiger partial charge in [-0.2, -0.15) is 0 Å². The summed E-state index contributed by atoms with van der Waals surface area (Å²) in [6.45, 7) is 8.86. The lowest BCUT2D eigenvalue weighted by Crippen LogP contribution is -2.50. The molecule has 0 aromatic heterocycles. The van der Waals surface area contributed by atoms with Crippen LogP contribution in [0.1, 0.15) is 11.1 Å². The molecule has 0 N–H and O–H groups in total. The largest absolute Gasteiger partial charge is 0.497 e. The van der Waals surface area contributed by atoms with Crippen LogP contribution in [0, 0.1) is 0 Å². The topological polar surface area (TPSA) is 54.5 Å². The maximum Gasteiger partial charge on any atom is 0.227 e. The summed E-state index contributed by atoms with van der Waals surface area (Å²) >= 11 is 0. The van der Waals surface area contributed by atoms with Crippen LogP contribution in [0.15, 0.2) is 54.6 Å². The molecular formula is C27H37N3O4. The summed E-state index contributed by atoms with van der Waals surface area (Å²) in [6.07, 6.45) is 0.433. The third kappa shape index (κ3) is 7.53. The van der Waals surface area contributed by atoms with Gasteiger partial charge in [0.25, 0.3) is 0 Å². The van der Waals surface area contributed by atoms with Gasteiger partial charge in [0.1, 0.15) is 5.75 Å². The van der Waals surface area contributed by atoms with Crippen molar-refractivity contribution in [1.29, 1.82) is 0 Å². The quantitative estimate of drug-likeness (QED) is 0.535. The number of nitrogens with zero attached hydrogens (tertiary/aromatic N) is 3. The van der Waals surface area contributed by atoms with E-state index < -0.39 is 0 Å². The van der Waals surface area contributed by atoms with Crippen LogP contribution in [0.3, 0.4) is 0 Å². The number of morpholine rings is 2. The lowest BCUT2D eigenvalue weighted by Gasteiger charge is -2.37. The number of amides is 1. The molecule has 0 radical (unpaired) electrons. The Morgan fingerprint density at radius 1 is 0.971 bits per heavy atom. The van der Waals surface area contributed by atoms with Gasteiger partial charge in [0.05, 0.1) is 39.5 Å². The van der Waals surface area contributed by atoms with Crippen LogP contribution in [0.5, 0.6) is 5.75 Å². The molecule has 184 valence electrons. The second kappa shape index (κ2) is 12.9. The van der Waals surface area contributed by atoms with Crippen LogP contribution < -0.4 is 4.74 Å². The number of hydrogen-bond donors (Lipinski definition) is 0. The maximum atomic E-state index is 13.3. The van der Waals surface area contributed by atoms with E-state index in [0.29, 0.717) is 26.1 Å². The Morgan fingerprint density at radius 3 is 2.44 bits per heavy atom. The van der Waals surface area contributed by atoms with Crippen molar-refractivity contribution >= 4 is 5.91 Å². The summed E-state index contributed by atoms with van der Waals surface area (Å²) in [4.78, 5) is 20.1. The highest BCUT2D eigenvalue weighted by Gasteiger charge is 2.26. The third-order valence-electron chi connectivity index (χ3n) is 6.55. The molecule has 0 aliphatic carbocycles. The Balaban J connectivity index is 1.35. The average molecular weight is 468 g/mol. The third-order valence-corrected chi connectivity index (χ3v) is 6.55. The first-order valence-electron chi connectivity index (χ1n) is 12.3. The predicted octanol–water partition coefficient (Wildman–Crippen LogP) is 2.30. The lowest BCUT2D eigenvalue weighted by molar-refractivity contribution is -0.134. The maximum absolute atomic E-state index is 13.3. The summed E-state index contributed by atoms with van der Waals surface area (Å²) < 4.78 is 16.9. The second-order valence-electron chi connectivity index (χ2n) is 9.03. The van der Waals surface area contributed by atoms with E-state index in [1.165, 1.54) is 5.56 Å². The molecule has 7 heteroatoms. The highest BCUT2D eigenvalue weighted by molar-refractivity contribution is 5.78. The van der Waals surface area contributed by atoms with E-state index in [1.807, 2.05) is 47.4 Å². The van der Waals surface area contributed by atoms with Gasteiger partial charge in [-0.1, -0.05) is 42.5 Å². The predicted molar refractivity (Wildman–Crippen MR) is 132 cm³/mol. The SMILES string of the molecule is COc1ccc(CN2CCOC(CN(CCN3CCOCC3)C(=O)Cc3ccccc3)C2)cc1. The summed E-state index contributed by atoms with van der Waals surface area (Å²) in [5, 5.41) is 0. The average Bonchev–Trinajstić information content (AvgIpc) is 2.88. The molecule has 1 atom stereocenters. The molecule has 2 aliphatic heterocycles. The van der Waals surface area contributed by atoms with E-state index in [9.17, 15) is 4.79 Å². The highest BCUT2D eigenvalue weighted by Crippen LogP contribution is 2.16. The van der Waals surface area contributed by atoms with E-state index in [2.05, 4.69) is 21.9 Å². The standard InChI is InChI=1S/C27H37N3O4/c1-32-25-9-7-24(8-10-25)20-29-15-18-34-26(21-29)22-30(12-11-28-13-16-33-17-14-28)27(31)19-23-5-3-2-4-6-23/h2-10,26H,11-22H2,1H3. The number of carbonyl (C=O) groups excluding carboxylic acids is 1. The fourth-order valence-electron chi connectivity index (χ4n) is 4.56. The normalized spacial score (nSPS) is 19.6. The van der Waals surface area contributed by atoms with Crippen molar-refractivity contribution in [3.05, 3.63) is 65.7 Å². The number of methoxy groups -OCH3 is 1. The Morgan fingerprint density at radius 2 is 1.71 bits per heavy atom. The van der Waals surface area contributed by atoms with Crippen LogP contribution >= 0.6 is 0 Å². The monoisotopic (exact) mass is 467 g/mol. The van der Waals surface area contributed by atoms with E-state index in [1.54, 1.807) is 7.11 Å². The molecule has 0 bridgehead atoms. The molecule has 1 unspecified atom stereocenters. The van der Waals surface area contributed by atoms with Crippen LogP contribution in [0.25, 0.3) is 0 Å². The summed E-state index contributed by atoms with van der Waals surface area (Å²) in [5.41, 5.74) is 2.31. The number of hydrogen-bond acceptors (Lipinski definition) is 6. The first kappa shape index (κ1) is 24.7. The van der Waals surface area contributed by atoms with Crippen LogP contribution in [-0.2, 0) is 27.2 Å². The molecule has 2 heterocycles. The van der Waals surface area contributed by atoms with Crippen LogP contribution in [-0.4, -0.2) is 99.5 Å². The first-order valence-corrected chi connectivity index (χ1v) is 12.3. The van der Waals surface area contributed by atoms with Gasteiger partial charge >= 0.3 is 0 Å². The Labute approximate surface area is 203 Å². The zero-order chi connectivity index (χ0) is 23.6. The lowest BCUT2D eigenvalue weighted by atomic mass is 10.1. The summed E-state index contributed by atoms with van der Waals surface area (Å²) in [6, 6.07) is 18.2.